The lowest BCUT2D eigenvalue weighted by molar-refractivity contribution is 1.23. The van der Waals surface area contributed by atoms with Crippen LogP contribution in [-0.2, 0) is 0 Å². The molecule has 0 spiro atoms. The molecule has 0 fully saturated rings. The Bertz CT molecular complexity index is 355. The largest absolute Gasteiger partial charge is 0.397 e. The number of rotatable bonds is 0. The van der Waals surface area contributed by atoms with Crippen molar-refractivity contribution in [3.05, 3.63) is 17.9 Å². The Kier molecular flexibility index (Phi) is 1.07. The summed E-state index contributed by atoms with van der Waals surface area (Å²) in [6.07, 6.45) is 3.26. The predicted molar refractivity (Wildman–Crippen MR) is 41.8 cm³/mol. The van der Waals surface area contributed by atoms with E-state index in [1.807, 2.05) is 5.38 Å². The second-order valence-corrected chi connectivity index (χ2v) is 2.79. The Hall–Kier alpha value is -1.16. The Labute approximate surface area is 61.5 Å². The molecule has 50 valence electrons. The number of fused-ring (bicyclic) bond motifs is 1. The van der Waals surface area contributed by atoms with Crippen molar-refractivity contribution in [1.29, 1.82) is 0 Å². The summed E-state index contributed by atoms with van der Waals surface area (Å²) in [5, 5.41) is 2.83. The van der Waals surface area contributed by atoms with Gasteiger partial charge in [0, 0.05) is 11.6 Å². The van der Waals surface area contributed by atoms with Crippen molar-refractivity contribution < 1.29 is 0 Å². The van der Waals surface area contributed by atoms with Crippen LogP contribution in [0.5, 0.6) is 0 Å². The van der Waals surface area contributed by atoms with Gasteiger partial charge in [-0.1, -0.05) is 0 Å². The predicted octanol–water partition coefficient (Wildman–Crippen LogP) is 1.27. The van der Waals surface area contributed by atoms with Crippen LogP contribution < -0.4 is 5.73 Å². The van der Waals surface area contributed by atoms with E-state index in [1.165, 1.54) is 17.7 Å². The summed E-state index contributed by atoms with van der Waals surface area (Å²) in [5.74, 6) is 0. The molecule has 2 N–H and O–H groups in total. The van der Waals surface area contributed by atoms with E-state index in [1.54, 1.807) is 6.20 Å². The first-order valence-corrected chi connectivity index (χ1v) is 3.68. The highest BCUT2D eigenvalue weighted by molar-refractivity contribution is 7.17. The third-order valence-corrected chi connectivity index (χ3v) is 2.20. The maximum absolute atomic E-state index is 5.61. The van der Waals surface area contributed by atoms with Crippen LogP contribution in [0.3, 0.4) is 0 Å². The second kappa shape index (κ2) is 1.91. The number of hydrogen-bond donors (Lipinski definition) is 1. The molecule has 0 saturated heterocycles. The third kappa shape index (κ3) is 0.657. The average Bonchev–Trinajstić information content (AvgIpc) is 2.34. The van der Waals surface area contributed by atoms with E-state index in [9.17, 15) is 0 Å². The molecule has 3 nitrogen and oxygen atoms in total. The smallest absolute Gasteiger partial charge is 0.128 e. The van der Waals surface area contributed by atoms with Gasteiger partial charge in [-0.15, -0.1) is 11.3 Å². The lowest BCUT2D eigenvalue weighted by atomic mass is 10.4. The quantitative estimate of drug-likeness (QED) is 0.617. The first-order valence-electron chi connectivity index (χ1n) is 2.80. The van der Waals surface area contributed by atoms with Crippen molar-refractivity contribution >= 4 is 27.2 Å². The van der Waals surface area contributed by atoms with Crippen LogP contribution in [-0.4, -0.2) is 9.97 Å². The molecule has 0 saturated carbocycles. The van der Waals surface area contributed by atoms with E-state index in [2.05, 4.69) is 9.97 Å². The van der Waals surface area contributed by atoms with Crippen LogP contribution in [0.2, 0.25) is 0 Å². The molecule has 2 heterocycles. The molecule has 0 aliphatic carbocycles. The molecule has 2 rings (SSSR count). The maximum Gasteiger partial charge on any atom is 0.128 e. The summed E-state index contributed by atoms with van der Waals surface area (Å²) in [4.78, 5) is 8.84. The molecule has 0 bridgehead atoms. The van der Waals surface area contributed by atoms with Gasteiger partial charge in [-0.05, 0) is 0 Å². The van der Waals surface area contributed by atoms with Crippen LogP contribution in [0.4, 0.5) is 5.69 Å². The van der Waals surface area contributed by atoms with Crippen LogP contribution in [0, 0.1) is 0 Å². The Morgan fingerprint density at radius 1 is 1.50 bits per heavy atom. The molecule has 4 heteroatoms. The molecule has 0 aliphatic heterocycles. The number of hydrogen-bond acceptors (Lipinski definition) is 4. The molecule has 0 aliphatic rings. The molecule has 0 atom stereocenters. The zero-order valence-electron chi connectivity index (χ0n) is 5.11. The zero-order chi connectivity index (χ0) is 6.97. The SMILES string of the molecule is Nc1csc2ncncc12. The fourth-order valence-corrected chi connectivity index (χ4v) is 1.56. The molecule has 0 amide bonds. The Morgan fingerprint density at radius 2 is 2.40 bits per heavy atom. The van der Waals surface area contributed by atoms with Gasteiger partial charge in [0.25, 0.3) is 0 Å². The van der Waals surface area contributed by atoms with Gasteiger partial charge in [-0.3, -0.25) is 0 Å². The monoisotopic (exact) mass is 151 g/mol. The maximum atomic E-state index is 5.61. The number of nitrogens with zero attached hydrogens (tertiary/aromatic N) is 2. The number of thiophene rings is 1. The molecule has 0 radical (unpaired) electrons. The minimum absolute atomic E-state index is 0.764. The highest BCUT2D eigenvalue weighted by Crippen LogP contribution is 2.23. The molecule has 0 aromatic carbocycles. The van der Waals surface area contributed by atoms with Crippen LogP contribution in [0.25, 0.3) is 10.2 Å². The van der Waals surface area contributed by atoms with E-state index in [0.29, 0.717) is 0 Å². The fourth-order valence-electron chi connectivity index (χ4n) is 0.793. The van der Waals surface area contributed by atoms with Crippen molar-refractivity contribution in [2.24, 2.45) is 0 Å². The van der Waals surface area contributed by atoms with Gasteiger partial charge in [-0.2, -0.15) is 0 Å². The highest BCUT2D eigenvalue weighted by atomic mass is 32.1. The van der Waals surface area contributed by atoms with E-state index >= 15 is 0 Å². The van der Waals surface area contributed by atoms with E-state index in [0.717, 1.165) is 15.9 Å². The fraction of sp³-hybridized carbons (Fsp3) is 0. The first-order chi connectivity index (χ1) is 4.88. The minimum Gasteiger partial charge on any atom is -0.397 e. The molecular formula is C6H5N3S. The van der Waals surface area contributed by atoms with Crippen molar-refractivity contribution in [1.82, 2.24) is 9.97 Å². The second-order valence-electron chi connectivity index (χ2n) is 1.93. The lowest BCUT2D eigenvalue weighted by Crippen LogP contribution is -1.81. The first kappa shape index (κ1) is 5.61. The van der Waals surface area contributed by atoms with Crippen molar-refractivity contribution in [3.63, 3.8) is 0 Å². The molecule has 2 aromatic rings. The van der Waals surface area contributed by atoms with E-state index < -0.39 is 0 Å². The summed E-state index contributed by atoms with van der Waals surface area (Å²) < 4.78 is 0. The van der Waals surface area contributed by atoms with Gasteiger partial charge >= 0.3 is 0 Å². The van der Waals surface area contributed by atoms with Crippen LogP contribution in [0.15, 0.2) is 17.9 Å². The van der Waals surface area contributed by atoms with Gasteiger partial charge < -0.3 is 5.73 Å². The number of anilines is 1. The van der Waals surface area contributed by atoms with Crippen molar-refractivity contribution in [3.8, 4) is 0 Å². The number of nitrogen functional groups attached to an aromatic ring is 1. The van der Waals surface area contributed by atoms with E-state index in [-0.39, 0.29) is 0 Å². The van der Waals surface area contributed by atoms with Gasteiger partial charge in [0.1, 0.15) is 11.2 Å². The van der Waals surface area contributed by atoms with E-state index in [4.69, 9.17) is 5.73 Å². The van der Waals surface area contributed by atoms with Crippen LogP contribution >= 0.6 is 11.3 Å². The average molecular weight is 151 g/mol. The van der Waals surface area contributed by atoms with Gasteiger partial charge in [0.05, 0.1) is 11.1 Å². The van der Waals surface area contributed by atoms with Gasteiger partial charge in [-0.25, -0.2) is 9.97 Å². The van der Waals surface area contributed by atoms with Gasteiger partial charge in [0.2, 0.25) is 0 Å². The highest BCUT2D eigenvalue weighted by Gasteiger charge is 1.98. The summed E-state index contributed by atoms with van der Waals surface area (Å²) in [5.41, 5.74) is 6.37. The number of nitrogens with two attached hydrogens (primary N) is 1. The van der Waals surface area contributed by atoms with Gasteiger partial charge in [0.15, 0.2) is 0 Å². The third-order valence-electron chi connectivity index (χ3n) is 1.28. The summed E-state index contributed by atoms with van der Waals surface area (Å²) in [7, 11) is 0. The molecule has 2 aromatic heterocycles. The normalized spacial score (nSPS) is 10.4. The summed E-state index contributed by atoms with van der Waals surface area (Å²) in [6.45, 7) is 0. The minimum atomic E-state index is 0.764. The molecule has 0 unspecified atom stereocenters. The molecule has 10 heavy (non-hydrogen) atoms. The zero-order valence-corrected chi connectivity index (χ0v) is 5.93. The lowest BCUT2D eigenvalue weighted by Gasteiger charge is -1.85. The molecular weight excluding hydrogens is 146 g/mol. The van der Waals surface area contributed by atoms with Crippen LogP contribution in [0.1, 0.15) is 0 Å². The number of aromatic nitrogens is 2. The standard InChI is InChI=1S/C6H5N3S/c7-5-2-10-6-4(5)1-8-3-9-6/h1-3H,7H2. The topological polar surface area (TPSA) is 51.8 Å². The Balaban J connectivity index is 2.93. The van der Waals surface area contributed by atoms with Crippen molar-refractivity contribution in [2.45, 2.75) is 0 Å². The summed E-state index contributed by atoms with van der Waals surface area (Å²) >= 11 is 1.54. The van der Waals surface area contributed by atoms with Crippen molar-refractivity contribution in [2.75, 3.05) is 5.73 Å². The Morgan fingerprint density at radius 3 is 3.20 bits per heavy atom. The summed E-state index contributed by atoms with van der Waals surface area (Å²) in [6, 6.07) is 0.